The van der Waals surface area contributed by atoms with Gasteiger partial charge in [-0.3, -0.25) is 0 Å². The second-order valence-corrected chi connectivity index (χ2v) is 7.09. The highest BCUT2D eigenvalue weighted by atomic mass is 16.7. The smallest absolute Gasteiger partial charge is 0.231 e. The van der Waals surface area contributed by atoms with Crippen LogP contribution in [0.5, 0.6) is 28.7 Å². The van der Waals surface area contributed by atoms with E-state index >= 15 is 0 Å². The molecule has 2 unspecified atom stereocenters. The number of hydrogen-bond acceptors (Lipinski definition) is 6. The second-order valence-electron chi connectivity index (χ2n) is 7.09. The van der Waals surface area contributed by atoms with Gasteiger partial charge in [-0.1, -0.05) is 11.6 Å². The number of fused-ring (bicyclic) bond motifs is 6. The van der Waals surface area contributed by atoms with Gasteiger partial charge < -0.3 is 29.2 Å². The summed E-state index contributed by atoms with van der Waals surface area (Å²) in [6, 6.07) is 7.40. The van der Waals surface area contributed by atoms with Crippen molar-refractivity contribution in [3.05, 3.63) is 52.6 Å². The van der Waals surface area contributed by atoms with E-state index in [1.54, 1.807) is 6.07 Å². The monoisotopic (exact) mass is 368 g/mol. The largest absolute Gasteiger partial charge is 0.508 e. The zero-order valence-corrected chi connectivity index (χ0v) is 14.9. The van der Waals surface area contributed by atoms with Crippen molar-refractivity contribution < 1.29 is 29.2 Å². The van der Waals surface area contributed by atoms with Gasteiger partial charge in [0.1, 0.15) is 23.4 Å². The van der Waals surface area contributed by atoms with Crippen LogP contribution < -0.4 is 18.9 Å². The number of hydrogen-bond donors (Lipinski definition) is 2. The predicted octanol–water partition coefficient (Wildman–Crippen LogP) is 3.21. The molecule has 0 bridgehead atoms. The van der Waals surface area contributed by atoms with E-state index in [-0.39, 0.29) is 31.2 Å². The van der Waals surface area contributed by atoms with E-state index < -0.39 is 0 Å². The van der Waals surface area contributed by atoms with Crippen LogP contribution in [0.25, 0.3) is 0 Å². The quantitative estimate of drug-likeness (QED) is 0.810. The highest BCUT2D eigenvalue weighted by Crippen LogP contribution is 2.55. The molecule has 2 aromatic carbocycles. The molecule has 2 aromatic rings. The zero-order chi connectivity index (χ0) is 18.5. The summed E-state index contributed by atoms with van der Waals surface area (Å²) in [5.74, 6) is 3.14. The van der Waals surface area contributed by atoms with Crippen LogP contribution in [0.4, 0.5) is 0 Å². The average Bonchev–Trinajstić information content (AvgIpc) is 3.28. The van der Waals surface area contributed by atoms with Crippen molar-refractivity contribution in [1.29, 1.82) is 0 Å². The van der Waals surface area contributed by atoms with E-state index in [0.717, 1.165) is 28.2 Å². The fraction of sp³-hybridized carbons (Fsp3) is 0.333. The molecular formula is C21H20O6. The number of aliphatic hydroxyl groups excluding tert-OH is 1. The molecule has 0 fully saturated rings. The maximum absolute atomic E-state index is 10.3. The number of benzene rings is 2. The van der Waals surface area contributed by atoms with E-state index in [2.05, 4.69) is 0 Å². The lowest BCUT2D eigenvalue weighted by atomic mass is 9.87. The maximum atomic E-state index is 10.3. The molecule has 0 saturated heterocycles. The number of phenolic OH excluding ortho intramolecular Hbond substituents is 1. The molecule has 6 heteroatoms. The Kier molecular flexibility index (Phi) is 3.68. The molecule has 0 aliphatic carbocycles. The lowest BCUT2D eigenvalue weighted by Crippen LogP contribution is -2.24. The van der Waals surface area contributed by atoms with Gasteiger partial charge in [0.05, 0.1) is 19.1 Å². The molecule has 27 heavy (non-hydrogen) atoms. The van der Waals surface area contributed by atoms with Crippen LogP contribution in [-0.2, 0) is 6.42 Å². The Morgan fingerprint density at radius 1 is 1.11 bits per heavy atom. The highest BCUT2D eigenvalue weighted by Gasteiger charge is 2.42. The molecule has 3 aliphatic heterocycles. The number of aromatic hydroxyl groups is 1. The fourth-order valence-electron chi connectivity index (χ4n) is 3.91. The Balaban J connectivity index is 1.53. The van der Waals surface area contributed by atoms with Gasteiger partial charge in [0.15, 0.2) is 11.5 Å². The SMILES string of the molecule is C/C(=C\Cc1c(O)ccc2c1OCC1c3cc4c(cc3OC21)OCO4)CO. The molecule has 6 nitrogen and oxygen atoms in total. The Labute approximate surface area is 156 Å². The molecule has 2 atom stereocenters. The van der Waals surface area contributed by atoms with E-state index in [1.807, 2.05) is 31.2 Å². The van der Waals surface area contributed by atoms with Crippen LogP contribution in [0.15, 0.2) is 35.9 Å². The van der Waals surface area contributed by atoms with Gasteiger partial charge in [0.2, 0.25) is 6.79 Å². The third kappa shape index (κ3) is 2.51. The maximum Gasteiger partial charge on any atom is 0.231 e. The fourth-order valence-corrected chi connectivity index (χ4v) is 3.91. The van der Waals surface area contributed by atoms with E-state index in [9.17, 15) is 10.2 Å². The van der Waals surface area contributed by atoms with Crippen LogP contribution in [0, 0.1) is 0 Å². The minimum Gasteiger partial charge on any atom is -0.508 e. The number of phenols is 1. The van der Waals surface area contributed by atoms with Crippen LogP contribution >= 0.6 is 0 Å². The van der Waals surface area contributed by atoms with E-state index in [1.165, 1.54) is 0 Å². The second kappa shape index (κ2) is 6.09. The highest BCUT2D eigenvalue weighted by molar-refractivity contribution is 5.59. The van der Waals surface area contributed by atoms with Crippen molar-refractivity contribution in [3.63, 3.8) is 0 Å². The molecule has 0 radical (unpaired) electrons. The van der Waals surface area contributed by atoms with Crippen molar-refractivity contribution >= 4 is 0 Å². The van der Waals surface area contributed by atoms with Crippen molar-refractivity contribution in [2.75, 3.05) is 20.0 Å². The number of rotatable bonds is 3. The first kappa shape index (κ1) is 16.3. The molecule has 0 spiro atoms. The first-order chi connectivity index (χ1) is 13.2. The average molecular weight is 368 g/mol. The summed E-state index contributed by atoms with van der Waals surface area (Å²) in [5, 5.41) is 19.5. The third-order valence-electron chi connectivity index (χ3n) is 5.41. The first-order valence-corrected chi connectivity index (χ1v) is 9.00. The topological polar surface area (TPSA) is 77.4 Å². The number of ether oxygens (including phenoxy) is 4. The van der Waals surface area contributed by atoms with Crippen molar-refractivity contribution in [3.8, 4) is 28.7 Å². The third-order valence-corrected chi connectivity index (χ3v) is 5.41. The molecule has 2 N–H and O–H groups in total. The van der Waals surface area contributed by atoms with Gasteiger partial charge in [-0.05, 0) is 31.5 Å². The lowest BCUT2D eigenvalue weighted by molar-refractivity contribution is 0.137. The normalized spacial score (nSPS) is 21.8. The van der Waals surface area contributed by atoms with Crippen LogP contribution in [0.3, 0.4) is 0 Å². The molecule has 140 valence electrons. The van der Waals surface area contributed by atoms with Gasteiger partial charge in [0.25, 0.3) is 0 Å². The standard InChI is InChI=1S/C21H20O6/c1-11(8-22)2-3-12-16(23)5-4-13-20(12)24-9-15-14-6-18-19(26-10-25-18)7-17(14)27-21(13)15/h2,4-7,15,21-23H,3,8-10H2,1H3/b11-2+. The predicted molar refractivity (Wildman–Crippen MR) is 96.8 cm³/mol. The Hall–Kier alpha value is -2.86. The van der Waals surface area contributed by atoms with E-state index in [4.69, 9.17) is 18.9 Å². The van der Waals surface area contributed by atoms with Gasteiger partial charge in [0, 0.05) is 22.8 Å². The summed E-state index contributed by atoms with van der Waals surface area (Å²) in [6.45, 7) is 2.54. The summed E-state index contributed by atoms with van der Waals surface area (Å²) >= 11 is 0. The molecule has 3 heterocycles. The minimum atomic E-state index is -0.173. The van der Waals surface area contributed by atoms with E-state index in [0.29, 0.717) is 30.1 Å². The summed E-state index contributed by atoms with van der Waals surface area (Å²) in [6.07, 6.45) is 2.21. The molecule has 3 aliphatic rings. The van der Waals surface area contributed by atoms with Crippen molar-refractivity contribution in [1.82, 2.24) is 0 Å². The van der Waals surface area contributed by atoms with Gasteiger partial charge in [-0.2, -0.15) is 0 Å². The van der Waals surface area contributed by atoms with Crippen molar-refractivity contribution in [2.45, 2.75) is 25.4 Å². The van der Waals surface area contributed by atoms with Gasteiger partial charge in [-0.15, -0.1) is 0 Å². The number of aliphatic hydroxyl groups is 1. The Morgan fingerprint density at radius 3 is 2.74 bits per heavy atom. The van der Waals surface area contributed by atoms with Gasteiger partial charge in [-0.25, -0.2) is 0 Å². The molecule has 5 rings (SSSR count). The van der Waals surface area contributed by atoms with Crippen LogP contribution in [0.2, 0.25) is 0 Å². The minimum absolute atomic E-state index is 0.00539. The summed E-state index contributed by atoms with van der Waals surface area (Å²) in [5.41, 5.74) is 3.54. The lowest BCUT2D eigenvalue weighted by Gasteiger charge is -2.29. The Morgan fingerprint density at radius 2 is 1.93 bits per heavy atom. The summed E-state index contributed by atoms with van der Waals surface area (Å²) < 4.78 is 23.3. The molecular weight excluding hydrogens is 348 g/mol. The van der Waals surface area contributed by atoms with Gasteiger partial charge >= 0.3 is 0 Å². The first-order valence-electron chi connectivity index (χ1n) is 9.00. The van der Waals surface area contributed by atoms with Crippen LogP contribution in [0.1, 0.15) is 35.6 Å². The zero-order valence-electron chi connectivity index (χ0n) is 14.9. The van der Waals surface area contributed by atoms with Crippen LogP contribution in [-0.4, -0.2) is 30.2 Å². The Bertz CT molecular complexity index is 948. The number of allylic oxidation sites excluding steroid dienone is 1. The molecule has 0 aromatic heterocycles. The van der Waals surface area contributed by atoms with Crippen molar-refractivity contribution in [2.24, 2.45) is 0 Å². The summed E-state index contributed by atoms with van der Waals surface area (Å²) in [7, 11) is 0. The summed E-state index contributed by atoms with van der Waals surface area (Å²) in [4.78, 5) is 0. The molecule has 0 amide bonds. The molecule has 0 saturated carbocycles.